The van der Waals surface area contributed by atoms with Crippen molar-refractivity contribution in [2.24, 2.45) is 0 Å². The molecule has 4 rings (SSSR count). The van der Waals surface area contributed by atoms with Crippen molar-refractivity contribution in [3.05, 3.63) is 58.7 Å². The van der Waals surface area contributed by atoms with Crippen LogP contribution in [0.2, 0.25) is 0 Å². The highest BCUT2D eigenvalue weighted by atomic mass is 16.5. The van der Waals surface area contributed by atoms with Gasteiger partial charge in [-0.3, -0.25) is 0 Å². The summed E-state index contributed by atoms with van der Waals surface area (Å²) >= 11 is 0. The van der Waals surface area contributed by atoms with E-state index in [4.69, 9.17) is 9.47 Å². The summed E-state index contributed by atoms with van der Waals surface area (Å²) in [7, 11) is 0. The van der Waals surface area contributed by atoms with Crippen LogP contribution in [0.5, 0.6) is 11.5 Å². The van der Waals surface area contributed by atoms with Crippen molar-refractivity contribution in [1.82, 2.24) is 0 Å². The number of hydrogen-bond acceptors (Lipinski definition) is 3. The number of benzene rings is 2. The van der Waals surface area contributed by atoms with Gasteiger partial charge in [0.1, 0.15) is 17.6 Å². The van der Waals surface area contributed by atoms with Gasteiger partial charge < -0.3 is 14.6 Å². The highest BCUT2D eigenvalue weighted by Crippen LogP contribution is 2.42. The molecule has 1 unspecified atom stereocenters. The topological polar surface area (TPSA) is 38.7 Å². The molecule has 0 radical (unpaired) electrons. The third-order valence-corrected chi connectivity index (χ3v) is 4.32. The maximum atomic E-state index is 10.4. The molecule has 0 aromatic heterocycles. The first kappa shape index (κ1) is 12.7. The normalized spacial score (nSPS) is 23.0. The molecule has 0 saturated heterocycles. The first-order valence-electron chi connectivity index (χ1n) is 7.41. The molecule has 0 spiro atoms. The largest absolute Gasteiger partial charge is 0.493 e. The molecule has 0 amide bonds. The van der Waals surface area contributed by atoms with E-state index in [0.717, 1.165) is 41.2 Å². The number of hydrogen-bond donors (Lipinski definition) is 1. The van der Waals surface area contributed by atoms with Gasteiger partial charge >= 0.3 is 0 Å². The van der Waals surface area contributed by atoms with Crippen molar-refractivity contribution in [2.75, 3.05) is 6.61 Å². The SMILES string of the molecule is Cc1ccc2c(c1)[C@H](O)CC(c1ccc3c(c1)CCO3)O2. The average Bonchev–Trinajstić information content (AvgIpc) is 2.95. The van der Waals surface area contributed by atoms with Gasteiger partial charge in [0.25, 0.3) is 0 Å². The van der Waals surface area contributed by atoms with Crippen LogP contribution >= 0.6 is 0 Å². The van der Waals surface area contributed by atoms with Crippen LogP contribution in [0.25, 0.3) is 0 Å². The molecule has 1 N–H and O–H groups in total. The van der Waals surface area contributed by atoms with Crippen molar-refractivity contribution in [3.63, 3.8) is 0 Å². The predicted octanol–water partition coefficient (Wildman–Crippen LogP) is 3.49. The number of aliphatic hydroxyl groups is 1. The van der Waals surface area contributed by atoms with E-state index in [1.807, 2.05) is 37.3 Å². The third-order valence-electron chi connectivity index (χ3n) is 4.32. The molecular weight excluding hydrogens is 264 g/mol. The summed E-state index contributed by atoms with van der Waals surface area (Å²) in [5.74, 6) is 1.77. The first-order valence-corrected chi connectivity index (χ1v) is 7.41. The summed E-state index contributed by atoms with van der Waals surface area (Å²) in [6, 6.07) is 12.2. The second-order valence-corrected chi connectivity index (χ2v) is 5.86. The van der Waals surface area contributed by atoms with Crippen molar-refractivity contribution in [1.29, 1.82) is 0 Å². The third kappa shape index (κ3) is 2.18. The van der Waals surface area contributed by atoms with Gasteiger partial charge in [-0.15, -0.1) is 0 Å². The Balaban J connectivity index is 1.67. The Hall–Kier alpha value is -2.00. The van der Waals surface area contributed by atoms with Gasteiger partial charge in [-0.25, -0.2) is 0 Å². The Kier molecular flexibility index (Phi) is 2.89. The van der Waals surface area contributed by atoms with Crippen LogP contribution in [0.3, 0.4) is 0 Å². The average molecular weight is 282 g/mol. The van der Waals surface area contributed by atoms with Crippen LogP contribution < -0.4 is 9.47 Å². The minimum Gasteiger partial charge on any atom is -0.493 e. The van der Waals surface area contributed by atoms with Crippen LogP contribution in [0, 0.1) is 6.92 Å². The number of rotatable bonds is 1. The Labute approximate surface area is 124 Å². The van der Waals surface area contributed by atoms with E-state index in [0.29, 0.717) is 6.42 Å². The Bertz CT molecular complexity index is 693. The lowest BCUT2D eigenvalue weighted by Gasteiger charge is -2.30. The summed E-state index contributed by atoms with van der Waals surface area (Å²) in [4.78, 5) is 0. The maximum Gasteiger partial charge on any atom is 0.127 e. The number of aryl methyl sites for hydroxylation is 1. The smallest absolute Gasteiger partial charge is 0.127 e. The Morgan fingerprint density at radius 3 is 2.86 bits per heavy atom. The van der Waals surface area contributed by atoms with Crippen LogP contribution in [-0.2, 0) is 6.42 Å². The Morgan fingerprint density at radius 1 is 1.10 bits per heavy atom. The molecule has 2 heterocycles. The number of aliphatic hydroxyl groups excluding tert-OH is 1. The zero-order chi connectivity index (χ0) is 14.4. The van der Waals surface area contributed by atoms with E-state index < -0.39 is 6.10 Å². The summed E-state index contributed by atoms with van der Waals surface area (Å²) in [5.41, 5.74) is 4.39. The molecule has 2 aliphatic rings. The van der Waals surface area contributed by atoms with E-state index in [1.165, 1.54) is 5.56 Å². The molecule has 2 aromatic carbocycles. The fourth-order valence-electron chi connectivity index (χ4n) is 3.18. The fraction of sp³-hybridized carbons (Fsp3) is 0.333. The molecule has 0 saturated carbocycles. The Morgan fingerprint density at radius 2 is 1.95 bits per heavy atom. The van der Waals surface area contributed by atoms with Crippen LogP contribution in [0.15, 0.2) is 36.4 Å². The summed E-state index contributed by atoms with van der Waals surface area (Å²) < 4.78 is 11.6. The highest BCUT2D eigenvalue weighted by molar-refractivity contribution is 5.44. The second-order valence-electron chi connectivity index (χ2n) is 5.86. The van der Waals surface area contributed by atoms with E-state index in [1.54, 1.807) is 0 Å². The van der Waals surface area contributed by atoms with Crippen LogP contribution in [-0.4, -0.2) is 11.7 Å². The van der Waals surface area contributed by atoms with Gasteiger partial charge in [0.15, 0.2) is 0 Å². The number of ether oxygens (including phenoxy) is 2. The lowest BCUT2D eigenvalue weighted by molar-refractivity contribution is 0.0656. The van der Waals surface area contributed by atoms with E-state index in [2.05, 4.69) is 6.07 Å². The van der Waals surface area contributed by atoms with Crippen LogP contribution in [0.4, 0.5) is 0 Å². The van der Waals surface area contributed by atoms with Crippen molar-refractivity contribution in [2.45, 2.75) is 32.0 Å². The second kappa shape index (κ2) is 4.78. The van der Waals surface area contributed by atoms with Gasteiger partial charge in [-0.1, -0.05) is 17.7 Å². The summed E-state index contributed by atoms with van der Waals surface area (Å²) in [6.45, 7) is 2.79. The molecule has 3 nitrogen and oxygen atoms in total. The summed E-state index contributed by atoms with van der Waals surface area (Å²) in [6.07, 6.45) is 0.980. The standard InChI is InChI=1S/C18H18O3/c1-11-2-4-17-14(8-11)15(19)10-18(21-17)12-3-5-16-13(9-12)6-7-20-16/h2-5,8-9,15,18-19H,6-7,10H2,1H3/t15-,18?/m1/s1. The summed E-state index contributed by atoms with van der Waals surface area (Å²) in [5, 5.41) is 10.4. The predicted molar refractivity (Wildman–Crippen MR) is 79.8 cm³/mol. The minimum absolute atomic E-state index is 0.0962. The van der Waals surface area contributed by atoms with Gasteiger partial charge in [0.05, 0.1) is 12.7 Å². The van der Waals surface area contributed by atoms with E-state index in [-0.39, 0.29) is 6.10 Å². The highest BCUT2D eigenvalue weighted by Gasteiger charge is 2.28. The zero-order valence-corrected chi connectivity index (χ0v) is 12.0. The first-order chi connectivity index (χ1) is 10.2. The lowest BCUT2D eigenvalue weighted by atomic mass is 9.93. The number of fused-ring (bicyclic) bond motifs is 2. The molecule has 0 fully saturated rings. The minimum atomic E-state index is -0.469. The lowest BCUT2D eigenvalue weighted by Crippen LogP contribution is -2.19. The molecule has 2 aliphatic heterocycles. The van der Waals surface area contributed by atoms with E-state index >= 15 is 0 Å². The quantitative estimate of drug-likeness (QED) is 0.870. The van der Waals surface area contributed by atoms with Gasteiger partial charge in [-0.2, -0.15) is 0 Å². The van der Waals surface area contributed by atoms with Gasteiger partial charge in [0, 0.05) is 18.4 Å². The van der Waals surface area contributed by atoms with E-state index in [9.17, 15) is 5.11 Å². The zero-order valence-electron chi connectivity index (χ0n) is 12.0. The van der Waals surface area contributed by atoms with Crippen molar-refractivity contribution < 1.29 is 14.6 Å². The van der Waals surface area contributed by atoms with Gasteiger partial charge in [0.2, 0.25) is 0 Å². The molecular formula is C18H18O3. The van der Waals surface area contributed by atoms with Crippen LogP contribution in [0.1, 0.15) is 40.9 Å². The molecule has 0 bridgehead atoms. The molecule has 21 heavy (non-hydrogen) atoms. The monoisotopic (exact) mass is 282 g/mol. The molecule has 3 heteroatoms. The van der Waals surface area contributed by atoms with Crippen molar-refractivity contribution >= 4 is 0 Å². The molecule has 2 atom stereocenters. The maximum absolute atomic E-state index is 10.4. The van der Waals surface area contributed by atoms with Crippen molar-refractivity contribution in [3.8, 4) is 11.5 Å². The molecule has 108 valence electrons. The molecule has 0 aliphatic carbocycles. The fourth-order valence-corrected chi connectivity index (χ4v) is 3.18. The van der Waals surface area contributed by atoms with Gasteiger partial charge in [-0.05, 0) is 42.3 Å². The molecule has 2 aromatic rings.